The maximum absolute atomic E-state index is 11.4. The Balaban J connectivity index is 3.45. The van der Waals surface area contributed by atoms with Crippen LogP contribution in [0.3, 0.4) is 0 Å². The lowest BCUT2D eigenvalue weighted by atomic mass is 10.2. The maximum atomic E-state index is 11.4. The van der Waals surface area contributed by atoms with Gasteiger partial charge in [0.1, 0.15) is 10.6 Å². The molecule has 0 aliphatic rings. The van der Waals surface area contributed by atoms with Crippen LogP contribution in [0.25, 0.3) is 0 Å². The third-order valence-electron chi connectivity index (χ3n) is 1.75. The number of benzene rings is 1. The van der Waals surface area contributed by atoms with Gasteiger partial charge in [0.15, 0.2) is 11.5 Å². The minimum Gasteiger partial charge on any atom is -0.504 e. The molecule has 88 valence electrons. The molecule has 1 rings (SSSR count). The lowest BCUT2D eigenvalue weighted by molar-refractivity contribution is 0.0522. The van der Waals surface area contributed by atoms with Gasteiger partial charge in [-0.2, -0.15) is 0 Å². The van der Waals surface area contributed by atoms with E-state index in [0.29, 0.717) is 0 Å². The average molecular weight is 286 g/mol. The molecule has 1 aromatic carbocycles. The van der Waals surface area contributed by atoms with E-state index < -0.39 is 23.0 Å². The van der Waals surface area contributed by atoms with Crippen LogP contribution in [-0.2, 0) is 4.74 Å². The molecule has 0 amide bonds. The Kier molecular flexibility index (Phi) is 4.13. The number of halogens is 3. The first-order valence-corrected chi connectivity index (χ1v) is 5.30. The summed E-state index contributed by atoms with van der Waals surface area (Å²) in [5.74, 6) is -2.35. The minimum atomic E-state index is -0.890. The van der Waals surface area contributed by atoms with Crippen molar-refractivity contribution >= 4 is 40.8 Å². The van der Waals surface area contributed by atoms with Crippen LogP contribution in [0.15, 0.2) is 0 Å². The summed E-state index contributed by atoms with van der Waals surface area (Å²) in [5.41, 5.74) is -0.407. The topological polar surface area (TPSA) is 66.8 Å². The number of carbonyl (C=O) groups excluding carboxylic acids is 1. The number of carbonyl (C=O) groups is 1. The number of hydrogen-bond donors (Lipinski definition) is 2. The number of aromatic hydroxyl groups is 2. The second-order valence-corrected chi connectivity index (χ2v) is 3.87. The van der Waals surface area contributed by atoms with Crippen molar-refractivity contribution in [1.82, 2.24) is 0 Å². The zero-order chi connectivity index (χ0) is 12.5. The fourth-order valence-electron chi connectivity index (χ4n) is 1.03. The molecule has 0 bridgehead atoms. The molecule has 0 radical (unpaired) electrons. The molecule has 0 aromatic heterocycles. The molecule has 0 atom stereocenters. The van der Waals surface area contributed by atoms with E-state index in [1.54, 1.807) is 6.92 Å². The third kappa shape index (κ3) is 2.14. The van der Waals surface area contributed by atoms with Gasteiger partial charge in [-0.1, -0.05) is 34.8 Å². The van der Waals surface area contributed by atoms with Gasteiger partial charge in [0.25, 0.3) is 0 Å². The van der Waals surface area contributed by atoms with Gasteiger partial charge in [-0.05, 0) is 6.92 Å². The highest BCUT2D eigenvalue weighted by Crippen LogP contribution is 2.46. The van der Waals surface area contributed by atoms with Gasteiger partial charge in [-0.15, -0.1) is 0 Å². The van der Waals surface area contributed by atoms with Crippen molar-refractivity contribution in [3.8, 4) is 11.5 Å². The van der Waals surface area contributed by atoms with Crippen LogP contribution >= 0.6 is 34.8 Å². The standard InChI is InChI=1S/C9H7Cl3O4/c1-2-16-9(15)3-4(10)5(11)6(12)8(14)7(3)13/h13-14H,2H2,1H3. The number of phenols is 2. The summed E-state index contributed by atoms with van der Waals surface area (Å²) in [5, 5.41) is 18.1. The van der Waals surface area contributed by atoms with Crippen LogP contribution in [0.1, 0.15) is 17.3 Å². The van der Waals surface area contributed by atoms with E-state index in [2.05, 4.69) is 4.74 Å². The van der Waals surface area contributed by atoms with E-state index in [0.717, 1.165) is 0 Å². The second kappa shape index (κ2) is 4.99. The normalized spacial score (nSPS) is 10.2. The first-order valence-electron chi connectivity index (χ1n) is 4.17. The van der Waals surface area contributed by atoms with Crippen molar-refractivity contribution in [2.24, 2.45) is 0 Å². The number of hydrogen-bond acceptors (Lipinski definition) is 4. The first-order chi connectivity index (χ1) is 7.41. The quantitative estimate of drug-likeness (QED) is 0.497. The van der Waals surface area contributed by atoms with E-state index in [4.69, 9.17) is 34.8 Å². The zero-order valence-electron chi connectivity index (χ0n) is 8.05. The molecule has 0 saturated heterocycles. The summed E-state index contributed by atoms with van der Waals surface area (Å²) < 4.78 is 4.64. The Morgan fingerprint density at radius 2 is 1.69 bits per heavy atom. The molecule has 0 unspecified atom stereocenters. The molecule has 4 nitrogen and oxygen atoms in total. The van der Waals surface area contributed by atoms with Crippen LogP contribution in [0.2, 0.25) is 15.1 Å². The maximum Gasteiger partial charge on any atom is 0.343 e. The third-order valence-corrected chi connectivity index (χ3v) is 3.07. The lowest BCUT2D eigenvalue weighted by Gasteiger charge is -2.11. The number of ether oxygens (including phenoxy) is 1. The van der Waals surface area contributed by atoms with Gasteiger partial charge in [0, 0.05) is 0 Å². The van der Waals surface area contributed by atoms with Crippen molar-refractivity contribution in [2.45, 2.75) is 6.92 Å². The van der Waals surface area contributed by atoms with Gasteiger partial charge in [-0.3, -0.25) is 0 Å². The van der Waals surface area contributed by atoms with Gasteiger partial charge < -0.3 is 14.9 Å². The monoisotopic (exact) mass is 284 g/mol. The summed E-state index contributed by atoms with van der Waals surface area (Å²) in [6, 6.07) is 0. The van der Waals surface area contributed by atoms with Gasteiger partial charge in [0.2, 0.25) is 0 Å². The highest BCUT2D eigenvalue weighted by atomic mass is 35.5. The van der Waals surface area contributed by atoms with E-state index in [9.17, 15) is 15.0 Å². The second-order valence-electron chi connectivity index (χ2n) is 2.73. The van der Waals surface area contributed by atoms with Gasteiger partial charge in [0.05, 0.1) is 16.7 Å². The average Bonchev–Trinajstić information content (AvgIpc) is 2.24. The molecule has 0 saturated carbocycles. The lowest BCUT2D eigenvalue weighted by Crippen LogP contribution is -2.06. The highest BCUT2D eigenvalue weighted by Gasteiger charge is 2.26. The van der Waals surface area contributed by atoms with Crippen molar-refractivity contribution in [3.05, 3.63) is 20.6 Å². The number of rotatable bonds is 2. The summed E-state index contributed by atoms with van der Waals surface area (Å²) in [6.45, 7) is 1.68. The van der Waals surface area contributed by atoms with Crippen LogP contribution in [0.4, 0.5) is 0 Å². The molecule has 0 aliphatic heterocycles. The van der Waals surface area contributed by atoms with Crippen LogP contribution < -0.4 is 0 Å². The Morgan fingerprint density at radius 1 is 1.12 bits per heavy atom. The van der Waals surface area contributed by atoms with Gasteiger partial charge in [-0.25, -0.2) is 4.79 Å². The van der Waals surface area contributed by atoms with E-state index in [-0.39, 0.29) is 21.7 Å². The molecule has 0 spiro atoms. The molecule has 1 aromatic rings. The van der Waals surface area contributed by atoms with E-state index in [1.807, 2.05) is 0 Å². The molecule has 16 heavy (non-hydrogen) atoms. The molecule has 2 N–H and O–H groups in total. The molecular weight excluding hydrogens is 278 g/mol. The van der Waals surface area contributed by atoms with Crippen LogP contribution in [-0.4, -0.2) is 22.8 Å². The Bertz CT molecular complexity index is 416. The van der Waals surface area contributed by atoms with E-state index >= 15 is 0 Å². The predicted octanol–water partition coefficient (Wildman–Crippen LogP) is 3.23. The summed E-state index contributed by atoms with van der Waals surface area (Å²) in [7, 11) is 0. The number of esters is 1. The van der Waals surface area contributed by atoms with Crippen molar-refractivity contribution in [1.29, 1.82) is 0 Å². The fourth-order valence-corrected chi connectivity index (χ4v) is 1.70. The molecule has 0 fully saturated rings. The Morgan fingerprint density at radius 3 is 2.19 bits per heavy atom. The van der Waals surface area contributed by atoms with Crippen molar-refractivity contribution in [3.63, 3.8) is 0 Å². The summed E-state index contributed by atoms with van der Waals surface area (Å²) >= 11 is 16.9. The number of phenolic OH excluding ortho intramolecular Hbond substituents is 2. The summed E-state index contributed by atoms with van der Waals surface area (Å²) in [4.78, 5) is 11.4. The Hall–Kier alpha value is -0.840. The smallest absolute Gasteiger partial charge is 0.343 e. The first kappa shape index (κ1) is 13.2. The molecule has 0 aliphatic carbocycles. The summed E-state index contributed by atoms with van der Waals surface area (Å²) in [6.07, 6.45) is 0. The molecular formula is C9H7Cl3O4. The molecule has 7 heteroatoms. The fraction of sp³-hybridized carbons (Fsp3) is 0.222. The zero-order valence-corrected chi connectivity index (χ0v) is 10.3. The highest BCUT2D eigenvalue weighted by molar-refractivity contribution is 6.50. The minimum absolute atomic E-state index is 0.0929. The van der Waals surface area contributed by atoms with Crippen LogP contribution in [0, 0.1) is 0 Å². The van der Waals surface area contributed by atoms with Gasteiger partial charge >= 0.3 is 5.97 Å². The van der Waals surface area contributed by atoms with Crippen molar-refractivity contribution < 1.29 is 19.7 Å². The van der Waals surface area contributed by atoms with E-state index in [1.165, 1.54) is 0 Å². The van der Waals surface area contributed by atoms with Crippen LogP contribution in [0.5, 0.6) is 11.5 Å². The predicted molar refractivity (Wildman–Crippen MR) is 60.8 cm³/mol. The SMILES string of the molecule is CCOC(=O)c1c(O)c(O)c(Cl)c(Cl)c1Cl. The van der Waals surface area contributed by atoms with Crippen molar-refractivity contribution in [2.75, 3.05) is 6.61 Å². The Labute approximate surface area is 106 Å². The largest absolute Gasteiger partial charge is 0.504 e. The molecule has 0 heterocycles.